The molecule has 0 aliphatic rings. The number of aliphatic carboxylic acids is 1. The molecule has 7 heteroatoms. The molecule has 0 atom stereocenters. The van der Waals surface area contributed by atoms with Gasteiger partial charge in [-0.2, -0.15) is 0 Å². The van der Waals surface area contributed by atoms with Crippen molar-refractivity contribution in [3.63, 3.8) is 0 Å². The zero-order chi connectivity index (χ0) is 16.0. The van der Waals surface area contributed by atoms with Crippen LogP contribution in [0.15, 0.2) is 22.7 Å². The molecule has 1 aromatic carbocycles. The first-order valence-corrected chi connectivity index (χ1v) is 7.33. The average molecular weight is 360 g/mol. The van der Waals surface area contributed by atoms with Crippen molar-refractivity contribution in [1.82, 2.24) is 0 Å². The molecule has 1 rings (SSSR count). The van der Waals surface area contributed by atoms with E-state index in [2.05, 4.69) is 15.9 Å². The number of rotatable bonds is 8. The summed E-state index contributed by atoms with van der Waals surface area (Å²) in [5.74, 6) is -0.389. The van der Waals surface area contributed by atoms with Gasteiger partial charge in [-0.15, -0.1) is 0 Å². The van der Waals surface area contributed by atoms with E-state index in [-0.39, 0.29) is 5.69 Å². The second-order valence-corrected chi connectivity index (χ2v) is 6.31. The summed E-state index contributed by atoms with van der Waals surface area (Å²) in [5, 5.41) is 19.7. The molecule has 0 amide bonds. The number of nitrogens with zero attached hydrogens (tertiary/aromatic N) is 1. The highest BCUT2D eigenvalue weighted by molar-refractivity contribution is 9.10. The summed E-state index contributed by atoms with van der Waals surface area (Å²) in [6.45, 7) is 3.77. The first kappa shape index (κ1) is 17.4. The fourth-order valence-corrected chi connectivity index (χ4v) is 2.16. The third-order valence-electron chi connectivity index (χ3n) is 3.11. The number of hydrogen-bond donors (Lipinski definition) is 1. The van der Waals surface area contributed by atoms with E-state index in [1.165, 1.54) is 12.1 Å². The lowest BCUT2D eigenvalue weighted by Crippen LogP contribution is -2.23. The molecular formula is C14H18BrNO5. The van der Waals surface area contributed by atoms with Crippen LogP contribution >= 0.6 is 15.9 Å². The van der Waals surface area contributed by atoms with Gasteiger partial charge >= 0.3 is 5.97 Å². The summed E-state index contributed by atoms with van der Waals surface area (Å²) in [4.78, 5) is 21.2. The number of carbonyl (C=O) groups is 1. The van der Waals surface area contributed by atoms with E-state index >= 15 is 0 Å². The van der Waals surface area contributed by atoms with Crippen LogP contribution in [0.4, 0.5) is 5.69 Å². The van der Waals surface area contributed by atoms with Crippen molar-refractivity contribution in [2.24, 2.45) is 5.41 Å². The van der Waals surface area contributed by atoms with E-state index < -0.39 is 16.3 Å². The topological polar surface area (TPSA) is 89.7 Å². The fourth-order valence-electron chi connectivity index (χ4n) is 1.70. The van der Waals surface area contributed by atoms with Crippen LogP contribution in [0.3, 0.4) is 0 Å². The summed E-state index contributed by atoms with van der Waals surface area (Å²) < 4.78 is 6.05. The van der Waals surface area contributed by atoms with Crippen LogP contribution in [0.1, 0.15) is 33.1 Å². The van der Waals surface area contributed by atoms with Crippen LogP contribution in [0, 0.1) is 15.5 Å². The highest BCUT2D eigenvalue weighted by Gasteiger charge is 2.25. The number of nitro benzene ring substituents is 1. The van der Waals surface area contributed by atoms with Gasteiger partial charge in [-0.3, -0.25) is 14.9 Å². The van der Waals surface area contributed by atoms with Gasteiger partial charge in [-0.05, 0) is 39.2 Å². The normalized spacial score (nSPS) is 11.2. The summed E-state index contributed by atoms with van der Waals surface area (Å²) in [5.41, 5.74) is -0.777. The number of nitro groups is 1. The maximum Gasteiger partial charge on any atom is 0.309 e. The standard InChI is InChI=1S/C14H18BrNO5/c1-14(2,13(17)18)5-3-4-6-21-12-8-10(15)7-11(9-12)16(19)20/h7-9H,3-6H2,1-2H3,(H,17,18). The highest BCUT2D eigenvalue weighted by Crippen LogP contribution is 2.27. The van der Waals surface area contributed by atoms with Crippen LogP contribution in [0.5, 0.6) is 5.75 Å². The zero-order valence-corrected chi connectivity index (χ0v) is 13.6. The SMILES string of the molecule is CC(C)(CCCCOc1cc(Br)cc([N+](=O)[O-])c1)C(=O)O. The Bertz CT molecular complexity index is 530. The molecule has 0 aliphatic heterocycles. The van der Waals surface area contributed by atoms with Crippen molar-refractivity contribution in [3.05, 3.63) is 32.8 Å². The quantitative estimate of drug-likeness (QED) is 0.430. The monoisotopic (exact) mass is 359 g/mol. The van der Waals surface area contributed by atoms with Gasteiger partial charge in [0.2, 0.25) is 0 Å². The molecule has 0 heterocycles. The Labute approximate surface area is 131 Å². The fraction of sp³-hybridized carbons (Fsp3) is 0.500. The summed E-state index contributed by atoms with van der Waals surface area (Å²) in [6, 6.07) is 4.43. The first-order valence-electron chi connectivity index (χ1n) is 6.53. The van der Waals surface area contributed by atoms with Crippen LogP contribution < -0.4 is 4.74 Å². The maximum atomic E-state index is 10.9. The Morgan fingerprint density at radius 3 is 2.62 bits per heavy atom. The molecule has 1 N–H and O–H groups in total. The third kappa shape index (κ3) is 5.71. The molecule has 0 unspecified atom stereocenters. The smallest absolute Gasteiger partial charge is 0.309 e. The van der Waals surface area contributed by atoms with E-state index in [4.69, 9.17) is 9.84 Å². The number of ether oxygens (including phenoxy) is 1. The predicted molar refractivity (Wildman–Crippen MR) is 81.6 cm³/mol. The Morgan fingerprint density at radius 1 is 1.38 bits per heavy atom. The summed E-state index contributed by atoms with van der Waals surface area (Å²) in [7, 11) is 0. The van der Waals surface area contributed by atoms with Gasteiger partial charge in [-0.1, -0.05) is 15.9 Å². The first-order chi connectivity index (χ1) is 9.72. The predicted octanol–water partition coefficient (Wildman–Crippen LogP) is 4.02. The number of carboxylic acids is 1. The molecule has 0 aliphatic carbocycles. The van der Waals surface area contributed by atoms with Crippen molar-refractivity contribution in [2.75, 3.05) is 6.61 Å². The molecule has 0 saturated heterocycles. The van der Waals surface area contributed by atoms with Gasteiger partial charge in [0, 0.05) is 10.5 Å². The molecule has 21 heavy (non-hydrogen) atoms. The van der Waals surface area contributed by atoms with Crippen LogP contribution in [-0.2, 0) is 4.79 Å². The molecule has 116 valence electrons. The number of benzene rings is 1. The molecule has 0 aromatic heterocycles. The maximum absolute atomic E-state index is 10.9. The zero-order valence-electron chi connectivity index (χ0n) is 12.0. The van der Waals surface area contributed by atoms with E-state index in [1.807, 2.05) is 0 Å². The van der Waals surface area contributed by atoms with Crippen LogP contribution in [0.2, 0.25) is 0 Å². The van der Waals surface area contributed by atoms with Crippen molar-refractivity contribution < 1.29 is 19.6 Å². The minimum atomic E-state index is -0.814. The van der Waals surface area contributed by atoms with Crippen LogP contribution in [0.25, 0.3) is 0 Å². The van der Waals surface area contributed by atoms with Gasteiger partial charge in [0.15, 0.2) is 0 Å². The minimum absolute atomic E-state index is 0.0358. The minimum Gasteiger partial charge on any atom is -0.493 e. The van der Waals surface area contributed by atoms with E-state index in [0.717, 1.165) is 6.42 Å². The third-order valence-corrected chi connectivity index (χ3v) is 3.57. The molecule has 0 bridgehead atoms. The number of carboxylic acid groups (broad SMARTS) is 1. The largest absolute Gasteiger partial charge is 0.493 e. The van der Waals surface area contributed by atoms with Crippen molar-refractivity contribution in [3.8, 4) is 5.75 Å². The number of unbranched alkanes of at least 4 members (excludes halogenated alkanes) is 1. The van der Waals surface area contributed by atoms with Gasteiger partial charge in [0.25, 0.3) is 5.69 Å². The lowest BCUT2D eigenvalue weighted by atomic mass is 9.87. The van der Waals surface area contributed by atoms with Crippen molar-refractivity contribution in [1.29, 1.82) is 0 Å². The molecule has 0 fully saturated rings. The van der Waals surface area contributed by atoms with Gasteiger partial charge in [0.1, 0.15) is 5.75 Å². The second kappa shape index (κ2) is 7.40. The van der Waals surface area contributed by atoms with Gasteiger partial charge in [-0.25, -0.2) is 0 Å². The Kier molecular flexibility index (Phi) is 6.14. The Balaban J connectivity index is 2.43. The van der Waals surface area contributed by atoms with Gasteiger partial charge < -0.3 is 9.84 Å². The lowest BCUT2D eigenvalue weighted by molar-refractivity contribution is -0.385. The highest BCUT2D eigenvalue weighted by atomic mass is 79.9. The van der Waals surface area contributed by atoms with Crippen molar-refractivity contribution >= 4 is 27.6 Å². The summed E-state index contributed by atoms with van der Waals surface area (Å²) >= 11 is 3.20. The number of non-ortho nitro benzene ring substituents is 1. The molecule has 6 nitrogen and oxygen atoms in total. The molecule has 0 saturated carbocycles. The molecular weight excluding hydrogens is 342 g/mol. The molecule has 0 spiro atoms. The average Bonchev–Trinajstić information content (AvgIpc) is 2.37. The Morgan fingerprint density at radius 2 is 2.05 bits per heavy atom. The van der Waals surface area contributed by atoms with Crippen molar-refractivity contribution in [2.45, 2.75) is 33.1 Å². The van der Waals surface area contributed by atoms with E-state index in [1.54, 1.807) is 19.9 Å². The Hall–Kier alpha value is -1.63. The van der Waals surface area contributed by atoms with Gasteiger partial charge in [0.05, 0.1) is 23.0 Å². The molecule has 1 aromatic rings. The number of hydrogen-bond acceptors (Lipinski definition) is 4. The van der Waals surface area contributed by atoms with E-state index in [9.17, 15) is 14.9 Å². The second-order valence-electron chi connectivity index (χ2n) is 5.40. The van der Waals surface area contributed by atoms with Crippen LogP contribution in [-0.4, -0.2) is 22.6 Å². The number of halogens is 1. The molecule has 0 radical (unpaired) electrons. The lowest BCUT2D eigenvalue weighted by Gasteiger charge is -2.18. The van der Waals surface area contributed by atoms with E-state index in [0.29, 0.717) is 29.7 Å². The summed E-state index contributed by atoms with van der Waals surface area (Å²) in [6.07, 6.45) is 1.97.